The smallest absolute Gasteiger partial charge is 0.164 e. The Morgan fingerprint density at radius 1 is 0.895 bits per heavy atom. The number of hydrogen-bond donors (Lipinski definition) is 1. The Balaban J connectivity index is 1.73. The average molecular weight is 513 g/mol. The molecule has 1 N–H and O–H groups in total. The summed E-state index contributed by atoms with van der Waals surface area (Å²) >= 11 is 0. The number of hydrazone groups is 1. The van der Waals surface area contributed by atoms with E-state index in [-0.39, 0.29) is 34.9 Å². The van der Waals surface area contributed by atoms with Crippen LogP contribution in [0.25, 0.3) is 0 Å². The summed E-state index contributed by atoms with van der Waals surface area (Å²) in [5, 5.41) is 11.2. The second kappa shape index (κ2) is 9.37. The van der Waals surface area contributed by atoms with Gasteiger partial charge in [0.2, 0.25) is 0 Å². The molecule has 2 heterocycles. The first-order chi connectivity index (χ1) is 17.8. The predicted molar refractivity (Wildman–Crippen MR) is 158 cm³/mol. The van der Waals surface area contributed by atoms with Crippen molar-refractivity contribution in [3.63, 3.8) is 0 Å². The van der Waals surface area contributed by atoms with Crippen LogP contribution in [0.4, 0.5) is 11.4 Å². The highest BCUT2D eigenvalue weighted by Gasteiger charge is 2.55. The number of rotatable bonds is 3. The summed E-state index contributed by atoms with van der Waals surface area (Å²) in [6.07, 6.45) is 0.845. The molecular formula is C33H44N4O. The molecule has 5 rings (SSSR count). The van der Waals surface area contributed by atoms with Gasteiger partial charge in [-0.15, -0.1) is 0 Å². The third-order valence-corrected chi connectivity index (χ3v) is 8.85. The minimum Gasteiger partial charge on any atom is -0.378 e. The summed E-state index contributed by atoms with van der Waals surface area (Å²) in [5.74, 6) is 0.651. The number of Topliss-reactive ketones (excluding diaryl/α,β-unsaturated/α-hetero) is 1. The molecule has 5 nitrogen and oxygen atoms in total. The number of carbonyl (C=O) groups is 1. The average Bonchev–Trinajstić information content (AvgIpc) is 3.19. The maximum Gasteiger partial charge on any atom is 0.164 e. The molecule has 202 valence electrons. The van der Waals surface area contributed by atoms with Crippen LogP contribution in [0, 0.1) is 28.6 Å². The quantitative estimate of drug-likeness (QED) is 0.490. The van der Waals surface area contributed by atoms with Crippen molar-refractivity contribution in [1.82, 2.24) is 5.32 Å². The fourth-order valence-electron chi connectivity index (χ4n) is 6.75. The molecule has 0 saturated carbocycles. The molecule has 0 bridgehead atoms. The number of nitrogens with one attached hydrogen (secondary N) is 1. The van der Waals surface area contributed by atoms with Gasteiger partial charge in [0.05, 0.1) is 17.6 Å². The van der Waals surface area contributed by atoms with E-state index in [4.69, 9.17) is 5.10 Å². The molecule has 5 atom stereocenters. The Hall–Kier alpha value is -2.92. The number of ketones is 1. The van der Waals surface area contributed by atoms with E-state index in [1.807, 2.05) is 6.07 Å². The lowest BCUT2D eigenvalue weighted by atomic mass is 9.56. The van der Waals surface area contributed by atoms with Crippen LogP contribution in [0.3, 0.4) is 0 Å². The fraction of sp³-hybridized carbons (Fsp3) is 0.515. The van der Waals surface area contributed by atoms with Crippen molar-refractivity contribution in [2.24, 2.45) is 33.7 Å². The van der Waals surface area contributed by atoms with Gasteiger partial charge in [-0.05, 0) is 65.5 Å². The first-order valence-electron chi connectivity index (χ1n) is 14.0. The van der Waals surface area contributed by atoms with E-state index in [2.05, 4.69) is 126 Å². The van der Waals surface area contributed by atoms with Crippen LogP contribution in [0.15, 0.2) is 70.8 Å². The largest absolute Gasteiger partial charge is 0.378 e. The lowest BCUT2D eigenvalue weighted by Gasteiger charge is -2.51. The Labute approximate surface area is 229 Å². The summed E-state index contributed by atoms with van der Waals surface area (Å²) < 4.78 is 0. The highest BCUT2D eigenvalue weighted by atomic mass is 16.1. The number of anilines is 2. The van der Waals surface area contributed by atoms with Crippen molar-refractivity contribution in [2.75, 3.05) is 24.0 Å². The zero-order chi connectivity index (χ0) is 27.6. The van der Waals surface area contributed by atoms with E-state index in [9.17, 15) is 4.79 Å². The van der Waals surface area contributed by atoms with E-state index in [1.54, 1.807) is 0 Å². The second-order valence-electron chi connectivity index (χ2n) is 13.7. The van der Waals surface area contributed by atoms with E-state index in [0.717, 1.165) is 34.6 Å². The van der Waals surface area contributed by atoms with Gasteiger partial charge >= 0.3 is 0 Å². The van der Waals surface area contributed by atoms with Gasteiger partial charge in [0.1, 0.15) is 6.17 Å². The van der Waals surface area contributed by atoms with Crippen LogP contribution in [-0.2, 0) is 4.79 Å². The number of nitrogens with zero attached hydrogens (tertiary/aromatic N) is 3. The summed E-state index contributed by atoms with van der Waals surface area (Å²) in [6.45, 7) is 15.8. The van der Waals surface area contributed by atoms with Crippen molar-refractivity contribution in [3.05, 3.63) is 71.3 Å². The van der Waals surface area contributed by atoms with Gasteiger partial charge in [-0.1, -0.05) is 71.9 Å². The molecule has 5 heteroatoms. The molecule has 0 saturated heterocycles. The molecule has 0 unspecified atom stereocenters. The number of para-hydroxylation sites is 1. The number of hydrogen-bond acceptors (Lipinski definition) is 5. The van der Waals surface area contributed by atoms with Gasteiger partial charge < -0.3 is 4.90 Å². The van der Waals surface area contributed by atoms with Crippen molar-refractivity contribution in [2.45, 2.75) is 67.1 Å². The molecule has 1 aliphatic carbocycles. The molecular weight excluding hydrogens is 468 g/mol. The van der Waals surface area contributed by atoms with Crippen LogP contribution < -0.4 is 15.2 Å². The molecule has 2 aromatic carbocycles. The van der Waals surface area contributed by atoms with Crippen molar-refractivity contribution >= 4 is 22.9 Å². The van der Waals surface area contributed by atoms with Crippen LogP contribution in [0.5, 0.6) is 0 Å². The highest BCUT2D eigenvalue weighted by molar-refractivity contribution is 6.03. The van der Waals surface area contributed by atoms with Crippen molar-refractivity contribution in [3.8, 4) is 0 Å². The Morgan fingerprint density at radius 3 is 2.05 bits per heavy atom. The minimum absolute atomic E-state index is 0.0174. The van der Waals surface area contributed by atoms with E-state index < -0.39 is 0 Å². The lowest BCUT2D eigenvalue weighted by molar-refractivity contribution is -0.125. The zero-order valence-electron chi connectivity index (χ0n) is 24.5. The van der Waals surface area contributed by atoms with Gasteiger partial charge in [0.25, 0.3) is 0 Å². The predicted octanol–water partition coefficient (Wildman–Crippen LogP) is 6.83. The number of benzene rings is 2. The Kier molecular flexibility index (Phi) is 6.58. The third-order valence-electron chi connectivity index (χ3n) is 8.85. The topological polar surface area (TPSA) is 47.9 Å². The van der Waals surface area contributed by atoms with E-state index in [0.29, 0.717) is 11.7 Å². The molecule has 0 radical (unpaired) electrons. The normalized spacial score (nSPS) is 27.7. The van der Waals surface area contributed by atoms with Gasteiger partial charge in [-0.25, -0.2) is 5.01 Å². The second-order valence-corrected chi connectivity index (χ2v) is 13.7. The monoisotopic (exact) mass is 512 g/mol. The summed E-state index contributed by atoms with van der Waals surface area (Å²) in [7, 11) is 4.12. The Bertz CT molecular complexity index is 1260. The van der Waals surface area contributed by atoms with Crippen molar-refractivity contribution in [1.29, 1.82) is 0 Å². The van der Waals surface area contributed by atoms with Gasteiger partial charge in [0, 0.05) is 37.0 Å². The van der Waals surface area contributed by atoms with E-state index in [1.165, 1.54) is 5.57 Å². The van der Waals surface area contributed by atoms with Gasteiger partial charge in [0.15, 0.2) is 5.78 Å². The Morgan fingerprint density at radius 2 is 1.50 bits per heavy atom. The maximum atomic E-state index is 14.5. The molecule has 0 spiro atoms. The summed E-state index contributed by atoms with van der Waals surface area (Å²) in [4.78, 5) is 16.6. The zero-order valence-corrected chi connectivity index (χ0v) is 24.5. The number of fused-ring (bicyclic) bond motifs is 2. The maximum absolute atomic E-state index is 14.5. The van der Waals surface area contributed by atoms with Crippen LogP contribution in [0.1, 0.15) is 66.5 Å². The first-order valence-corrected chi connectivity index (χ1v) is 14.0. The molecule has 2 aliphatic heterocycles. The lowest BCUT2D eigenvalue weighted by Crippen LogP contribution is -2.56. The van der Waals surface area contributed by atoms with Gasteiger partial charge in [-0.3, -0.25) is 10.1 Å². The molecule has 2 aromatic rings. The molecule has 0 fully saturated rings. The molecule has 3 aliphatic rings. The minimum atomic E-state index is -0.183. The molecule has 38 heavy (non-hydrogen) atoms. The van der Waals surface area contributed by atoms with Gasteiger partial charge in [-0.2, -0.15) is 5.10 Å². The summed E-state index contributed by atoms with van der Waals surface area (Å²) in [6, 6.07) is 18.9. The van der Waals surface area contributed by atoms with E-state index >= 15 is 0 Å². The number of carbonyl (C=O) groups excluding carboxylic acids is 1. The third kappa shape index (κ3) is 4.49. The summed E-state index contributed by atoms with van der Waals surface area (Å²) in [5.41, 5.74) is 6.65. The SMILES string of the molecule is CC1=NN(c2ccccc2)[C@@H]2N[C@@H](c3ccc(N(C)C)cc3)C3=C([C@@H]12)[C@@H](C(C)(C)C)C[C@@H](C(C)(C)C)C3=O. The van der Waals surface area contributed by atoms with Crippen molar-refractivity contribution < 1.29 is 4.79 Å². The van der Waals surface area contributed by atoms with Crippen LogP contribution in [0.2, 0.25) is 0 Å². The highest BCUT2D eigenvalue weighted by Crippen LogP contribution is 2.55. The fourth-order valence-corrected chi connectivity index (χ4v) is 6.75. The molecule has 0 aromatic heterocycles. The molecule has 0 amide bonds. The standard InChI is InChI=1S/C33H44N4O/c1-20-26-27-24(32(2,3)4)19-25(33(5,6)7)30(38)28(27)29(21-15-17-22(18-16-21)36(8)9)34-31(26)37(35-20)23-13-11-10-12-14-23/h10-18,24-26,29,31,34H,19H2,1-9H3/t24-,25+,26+,29-,31-/m0/s1. The first kappa shape index (κ1) is 26.7. The van der Waals surface area contributed by atoms with Crippen LogP contribution in [-0.4, -0.2) is 31.8 Å². The van der Waals surface area contributed by atoms with Crippen LogP contribution >= 0.6 is 0 Å².